The summed E-state index contributed by atoms with van der Waals surface area (Å²) in [6, 6.07) is 15.2. The standard InChI is InChI=1S/C29H32F3N3O5/c1-19(29(30,31)32)24(25(37)33-16-6-5-13-28(14-15-28)27(38)39)21-11-9-20(10-12-21)17-35-23(36)18-40-26(34-35)22-7-3-2-4-8-22/h2-4,7-12,19,24H,5-6,13-18H2,1H3,(H,33,37)(H,38,39). The highest BCUT2D eigenvalue weighted by Crippen LogP contribution is 2.50. The largest absolute Gasteiger partial charge is 0.481 e. The molecule has 4 rings (SSSR count). The molecule has 1 aliphatic heterocycles. The molecule has 2 aromatic carbocycles. The van der Waals surface area contributed by atoms with Crippen molar-refractivity contribution in [3.8, 4) is 0 Å². The van der Waals surface area contributed by atoms with Crippen LogP contribution in [0.4, 0.5) is 13.2 Å². The molecule has 1 heterocycles. The van der Waals surface area contributed by atoms with E-state index in [0.29, 0.717) is 49.1 Å². The molecular formula is C29H32F3N3O5. The number of benzene rings is 2. The number of carbonyl (C=O) groups excluding carboxylic acids is 2. The van der Waals surface area contributed by atoms with Gasteiger partial charge in [0.1, 0.15) is 0 Å². The van der Waals surface area contributed by atoms with Gasteiger partial charge in [0.25, 0.3) is 5.91 Å². The number of alkyl halides is 3. The second kappa shape index (κ2) is 12.1. The van der Waals surface area contributed by atoms with Crippen LogP contribution in [0.2, 0.25) is 0 Å². The fourth-order valence-electron chi connectivity index (χ4n) is 4.74. The average Bonchev–Trinajstić information content (AvgIpc) is 3.72. The van der Waals surface area contributed by atoms with E-state index >= 15 is 0 Å². The first-order chi connectivity index (χ1) is 19.0. The van der Waals surface area contributed by atoms with E-state index in [4.69, 9.17) is 4.74 Å². The molecule has 0 bridgehead atoms. The van der Waals surface area contributed by atoms with Gasteiger partial charge >= 0.3 is 12.1 Å². The lowest BCUT2D eigenvalue weighted by Crippen LogP contribution is -2.38. The van der Waals surface area contributed by atoms with E-state index in [1.165, 1.54) is 17.1 Å². The van der Waals surface area contributed by atoms with Crippen LogP contribution in [0.15, 0.2) is 59.7 Å². The molecule has 2 N–H and O–H groups in total. The van der Waals surface area contributed by atoms with E-state index in [0.717, 1.165) is 6.92 Å². The highest BCUT2D eigenvalue weighted by molar-refractivity contribution is 5.97. The van der Waals surface area contributed by atoms with Gasteiger partial charge in [0.2, 0.25) is 11.8 Å². The maximum Gasteiger partial charge on any atom is 0.392 e. The lowest BCUT2D eigenvalue weighted by atomic mass is 9.85. The number of unbranched alkanes of at least 4 members (excludes halogenated alkanes) is 1. The maximum atomic E-state index is 13.7. The average molecular weight is 560 g/mol. The summed E-state index contributed by atoms with van der Waals surface area (Å²) in [7, 11) is 0. The highest BCUT2D eigenvalue weighted by atomic mass is 19.4. The molecule has 1 fully saturated rings. The van der Waals surface area contributed by atoms with Gasteiger partial charge in [-0.2, -0.15) is 13.2 Å². The molecule has 2 aromatic rings. The van der Waals surface area contributed by atoms with Crippen LogP contribution in [0.25, 0.3) is 0 Å². The smallest absolute Gasteiger partial charge is 0.392 e. The Morgan fingerprint density at radius 3 is 2.38 bits per heavy atom. The number of carboxylic acid groups (broad SMARTS) is 1. The molecule has 0 radical (unpaired) electrons. The van der Waals surface area contributed by atoms with Crippen LogP contribution in [0.1, 0.15) is 61.6 Å². The van der Waals surface area contributed by atoms with E-state index in [1.54, 1.807) is 24.3 Å². The third-order valence-corrected chi connectivity index (χ3v) is 7.51. The number of rotatable bonds is 12. The second-order valence-electron chi connectivity index (χ2n) is 10.4. The van der Waals surface area contributed by atoms with Crippen molar-refractivity contribution in [3.05, 3.63) is 71.3 Å². The van der Waals surface area contributed by atoms with Crippen molar-refractivity contribution >= 4 is 23.7 Å². The summed E-state index contributed by atoms with van der Waals surface area (Å²) in [6.07, 6.45) is -1.79. The molecule has 2 amide bonds. The third kappa shape index (κ3) is 7.00. The quantitative estimate of drug-likeness (QED) is 0.362. The number of carboxylic acids is 1. The summed E-state index contributed by atoms with van der Waals surface area (Å²) in [5.41, 5.74) is 0.871. The number of hydrazone groups is 1. The van der Waals surface area contributed by atoms with Gasteiger partial charge < -0.3 is 15.2 Å². The number of hydrogen-bond acceptors (Lipinski definition) is 5. The van der Waals surface area contributed by atoms with Crippen molar-refractivity contribution < 1.29 is 37.4 Å². The Hall–Kier alpha value is -3.89. The number of halogens is 3. The van der Waals surface area contributed by atoms with Crippen LogP contribution < -0.4 is 5.32 Å². The van der Waals surface area contributed by atoms with Crippen LogP contribution in [-0.2, 0) is 25.7 Å². The van der Waals surface area contributed by atoms with E-state index in [-0.39, 0.29) is 31.2 Å². The van der Waals surface area contributed by atoms with Crippen molar-refractivity contribution in [2.24, 2.45) is 16.4 Å². The third-order valence-electron chi connectivity index (χ3n) is 7.51. The topological polar surface area (TPSA) is 108 Å². The van der Waals surface area contributed by atoms with Crippen molar-refractivity contribution in [2.45, 2.75) is 57.7 Å². The molecule has 11 heteroatoms. The van der Waals surface area contributed by atoms with Gasteiger partial charge in [0.15, 0.2) is 6.61 Å². The molecule has 0 aromatic heterocycles. The normalized spacial score (nSPS) is 17.9. The number of nitrogens with zero attached hydrogens (tertiary/aromatic N) is 2. The molecule has 1 saturated carbocycles. The van der Waals surface area contributed by atoms with E-state index in [9.17, 15) is 32.7 Å². The lowest BCUT2D eigenvalue weighted by Gasteiger charge is -2.26. The predicted octanol–water partition coefficient (Wildman–Crippen LogP) is 4.84. The molecule has 0 saturated heterocycles. The Bertz CT molecular complexity index is 1240. The fraction of sp³-hybridized carbons (Fsp3) is 0.448. The summed E-state index contributed by atoms with van der Waals surface area (Å²) >= 11 is 0. The van der Waals surface area contributed by atoms with Crippen LogP contribution in [0, 0.1) is 11.3 Å². The Kier molecular flexibility index (Phi) is 8.80. The highest BCUT2D eigenvalue weighted by Gasteiger charge is 2.49. The van der Waals surface area contributed by atoms with Crippen molar-refractivity contribution in [1.82, 2.24) is 10.3 Å². The van der Waals surface area contributed by atoms with Gasteiger partial charge in [-0.1, -0.05) is 55.8 Å². The minimum absolute atomic E-state index is 0.0856. The summed E-state index contributed by atoms with van der Waals surface area (Å²) in [5, 5.41) is 17.4. The number of hydrogen-bond donors (Lipinski definition) is 2. The zero-order valence-corrected chi connectivity index (χ0v) is 22.1. The van der Waals surface area contributed by atoms with Gasteiger partial charge in [0.05, 0.1) is 23.8 Å². The Morgan fingerprint density at radius 2 is 1.77 bits per heavy atom. The number of carbonyl (C=O) groups is 3. The first-order valence-corrected chi connectivity index (χ1v) is 13.2. The summed E-state index contributed by atoms with van der Waals surface area (Å²) in [4.78, 5) is 36.6. The number of amides is 2. The summed E-state index contributed by atoms with van der Waals surface area (Å²) < 4.78 is 46.5. The van der Waals surface area contributed by atoms with Crippen molar-refractivity contribution in [3.63, 3.8) is 0 Å². The van der Waals surface area contributed by atoms with E-state index in [2.05, 4.69) is 10.4 Å². The first-order valence-electron chi connectivity index (χ1n) is 13.2. The Labute approximate surface area is 230 Å². The van der Waals surface area contributed by atoms with Crippen LogP contribution >= 0.6 is 0 Å². The molecule has 214 valence electrons. The molecular weight excluding hydrogens is 527 g/mol. The minimum Gasteiger partial charge on any atom is -0.481 e. The molecule has 0 spiro atoms. The summed E-state index contributed by atoms with van der Waals surface area (Å²) in [6.45, 7) is 1.04. The second-order valence-corrected chi connectivity index (χ2v) is 10.4. The van der Waals surface area contributed by atoms with E-state index < -0.39 is 35.3 Å². The Balaban J connectivity index is 1.40. The first kappa shape index (κ1) is 29.1. The molecule has 2 unspecified atom stereocenters. The van der Waals surface area contributed by atoms with Gasteiger partial charge in [0, 0.05) is 12.1 Å². The number of ether oxygens (including phenoxy) is 1. The lowest BCUT2D eigenvalue weighted by molar-refractivity contribution is -0.179. The van der Waals surface area contributed by atoms with Gasteiger partial charge in [-0.05, 0) is 48.9 Å². The zero-order valence-electron chi connectivity index (χ0n) is 22.1. The SMILES string of the molecule is CC(C(C(=O)NCCCCC1(C(=O)O)CC1)c1ccc(CN2N=C(c3ccccc3)OCC2=O)cc1)C(F)(F)F. The zero-order chi connectivity index (χ0) is 28.9. The van der Waals surface area contributed by atoms with Crippen molar-refractivity contribution in [2.75, 3.05) is 13.2 Å². The minimum atomic E-state index is -4.59. The molecule has 2 atom stereocenters. The molecule has 40 heavy (non-hydrogen) atoms. The van der Waals surface area contributed by atoms with Gasteiger partial charge in [-0.3, -0.25) is 14.4 Å². The molecule has 8 nitrogen and oxygen atoms in total. The van der Waals surface area contributed by atoms with Crippen LogP contribution in [-0.4, -0.2) is 53.1 Å². The van der Waals surface area contributed by atoms with Gasteiger partial charge in [-0.25, -0.2) is 5.01 Å². The Morgan fingerprint density at radius 1 is 1.10 bits per heavy atom. The van der Waals surface area contributed by atoms with Crippen LogP contribution in [0.3, 0.4) is 0 Å². The van der Waals surface area contributed by atoms with Crippen molar-refractivity contribution in [1.29, 1.82) is 0 Å². The number of aliphatic carboxylic acids is 1. The van der Waals surface area contributed by atoms with Gasteiger partial charge in [-0.15, -0.1) is 5.10 Å². The van der Waals surface area contributed by atoms with E-state index in [1.807, 2.05) is 18.2 Å². The number of nitrogens with one attached hydrogen (secondary N) is 1. The monoisotopic (exact) mass is 559 g/mol. The summed E-state index contributed by atoms with van der Waals surface area (Å²) in [5.74, 6) is -5.02. The maximum absolute atomic E-state index is 13.7. The predicted molar refractivity (Wildman–Crippen MR) is 140 cm³/mol. The molecule has 1 aliphatic carbocycles. The molecule has 2 aliphatic rings. The fourth-order valence-corrected chi connectivity index (χ4v) is 4.74. The van der Waals surface area contributed by atoms with Crippen LogP contribution in [0.5, 0.6) is 0 Å².